The SMILES string of the molecule is Cc1ccc2c(c1)c1c3n2C=NCC3CCC1. The molecule has 2 heterocycles. The molecule has 1 aliphatic carbocycles. The second kappa shape index (κ2) is 3.22. The molecule has 1 aromatic heterocycles. The third-order valence-corrected chi connectivity index (χ3v) is 4.19. The summed E-state index contributed by atoms with van der Waals surface area (Å²) < 4.78 is 2.33. The molecule has 0 saturated heterocycles. The molecule has 86 valence electrons. The van der Waals surface area contributed by atoms with Crippen LogP contribution < -0.4 is 0 Å². The van der Waals surface area contributed by atoms with Gasteiger partial charge in [0, 0.05) is 23.5 Å². The number of aromatic nitrogens is 1. The summed E-state index contributed by atoms with van der Waals surface area (Å²) in [6, 6.07) is 6.79. The van der Waals surface area contributed by atoms with Crippen LogP contribution in [0, 0.1) is 6.92 Å². The lowest BCUT2D eigenvalue weighted by atomic mass is 9.86. The summed E-state index contributed by atoms with van der Waals surface area (Å²) in [5.41, 5.74) is 5.84. The smallest absolute Gasteiger partial charge is 0.0938 e. The number of benzene rings is 1. The van der Waals surface area contributed by atoms with Crippen molar-refractivity contribution in [2.75, 3.05) is 6.54 Å². The van der Waals surface area contributed by atoms with Crippen molar-refractivity contribution in [2.45, 2.75) is 32.1 Å². The summed E-state index contributed by atoms with van der Waals surface area (Å²) in [6.07, 6.45) is 5.89. The zero-order valence-electron chi connectivity index (χ0n) is 10.1. The Morgan fingerprint density at radius 3 is 3.24 bits per heavy atom. The molecule has 0 radical (unpaired) electrons. The zero-order valence-corrected chi connectivity index (χ0v) is 10.1. The average Bonchev–Trinajstić information content (AvgIpc) is 2.67. The quantitative estimate of drug-likeness (QED) is 0.653. The molecule has 2 aliphatic rings. The number of hydrogen-bond acceptors (Lipinski definition) is 1. The van der Waals surface area contributed by atoms with Gasteiger partial charge in [0.25, 0.3) is 0 Å². The maximum absolute atomic E-state index is 4.53. The fraction of sp³-hybridized carbons (Fsp3) is 0.400. The number of aryl methyl sites for hydroxylation is 2. The van der Waals surface area contributed by atoms with Gasteiger partial charge in [-0.15, -0.1) is 0 Å². The zero-order chi connectivity index (χ0) is 11.4. The summed E-state index contributed by atoms with van der Waals surface area (Å²) in [6.45, 7) is 3.17. The van der Waals surface area contributed by atoms with Gasteiger partial charge in [0.05, 0.1) is 11.9 Å². The second-order valence-corrected chi connectivity index (χ2v) is 5.32. The van der Waals surface area contributed by atoms with Gasteiger partial charge in [-0.05, 0) is 43.9 Å². The minimum atomic E-state index is 0.663. The van der Waals surface area contributed by atoms with Crippen LogP contribution in [-0.4, -0.2) is 17.5 Å². The van der Waals surface area contributed by atoms with Crippen LogP contribution in [0.3, 0.4) is 0 Å². The molecule has 2 aromatic rings. The van der Waals surface area contributed by atoms with Crippen molar-refractivity contribution >= 4 is 17.2 Å². The van der Waals surface area contributed by atoms with Gasteiger partial charge in [-0.25, -0.2) is 0 Å². The molecule has 1 aromatic carbocycles. The van der Waals surface area contributed by atoms with E-state index in [2.05, 4.69) is 34.7 Å². The third-order valence-electron chi connectivity index (χ3n) is 4.19. The van der Waals surface area contributed by atoms with Crippen LogP contribution in [0.1, 0.15) is 35.6 Å². The highest BCUT2D eigenvalue weighted by atomic mass is 15.1. The first-order valence-electron chi connectivity index (χ1n) is 6.48. The largest absolute Gasteiger partial charge is 0.304 e. The first kappa shape index (κ1) is 9.46. The van der Waals surface area contributed by atoms with E-state index in [9.17, 15) is 0 Å². The summed E-state index contributed by atoms with van der Waals surface area (Å²) in [7, 11) is 0. The highest BCUT2D eigenvalue weighted by molar-refractivity contribution is 5.92. The second-order valence-electron chi connectivity index (χ2n) is 5.32. The van der Waals surface area contributed by atoms with Crippen LogP contribution in [0.5, 0.6) is 0 Å². The molecule has 4 rings (SSSR count). The lowest BCUT2D eigenvalue weighted by molar-refractivity contribution is 0.538. The molecule has 17 heavy (non-hydrogen) atoms. The van der Waals surface area contributed by atoms with Crippen molar-refractivity contribution < 1.29 is 0 Å². The molecule has 0 spiro atoms. The maximum atomic E-state index is 4.53. The molecule has 0 N–H and O–H groups in total. The molecule has 0 fully saturated rings. The predicted octanol–water partition coefficient (Wildman–Crippen LogP) is 3.26. The van der Waals surface area contributed by atoms with Crippen LogP contribution in [0.4, 0.5) is 0 Å². The Labute approximate surface area is 101 Å². The van der Waals surface area contributed by atoms with Gasteiger partial charge in [-0.2, -0.15) is 0 Å². The lowest BCUT2D eigenvalue weighted by Crippen LogP contribution is -2.20. The predicted molar refractivity (Wildman–Crippen MR) is 71.1 cm³/mol. The molecule has 0 saturated carbocycles. The van der Waals surface area contributed by atoms with Crippen molar-refractivity contribution in [3.05, 3.63) is 35.0 Å². The van der Waals surface area contributed by atoms with Crippen LogP contribution in [-0.2, 0) is 6.42 Å². The topological polar surface area (TPSA) is 17.3 Å². The molecular weight excluding hydrogens is 208 g/mol. The van der Waals surface area contributed by atoms with Gasteiger partial charge in [0.1, 0.15) is 0 Å². The van der Waals surface area contributed by atoms with Crippen molar-refractivity contribution in [1.29, 1.82) is 0 Å². The van der Waals surface area contributed by atoms with Gasteiger partial charge < -0.3 is 4.57 Å². The molecule has 2 nitrogen and oxygen atoms in total. The molecule has 1 atom stereocenters. The number of hydrogen-bond donors (Lipinski definition) is 0. The van der Waals surface area contributed by atoms with Crippen molar-refractivity contribution in [1.82, 2.24) is 4.57 Å². The van der Waals surface area contributed by atoms with Crippen LogP contribution in [0.2, 0.25) is 0 Å². The normalized spacial score (nSPS) is 21.8. The van der Waals surface area contributed by atoms with E-state index >= 15 is 0 Å². The Hall–Kier alpha value is -1.57. The van der Waals surface area contributed by atoms with Crippen molar-refractivity contribution in [3.8, 4) is 0 Å². The van der Waals surface area contributed by atoms with Crippen molar-refractivity contribution in [2.24, 2.45) is 4.99 Å². The highest BCUT2D eigenvalue weighted by Crippen LogP contribution is 2.39. The Morgan fingerprint density at radius 1 is 1.35 bits per heavy atom. The fourth-order valence-electron chi connectivity index (χ4n) is 3.44. The minimum absolute atomic E-state index is 0.663. The number of nitrogens with zero attached hydrogens (tertiary/aromatic N) is 2. The van der Waals surface area contributed by atoms with Crippen LogP contribution >= 0.6 is 0 Å². The van der Waals surface area contributed by atoms with E-state index in [1.54, 1.807) is 11.3 Å². The Morgan fingerprint density at radius 2 is 2.29 bits per heavy atom. The van der Waals surface area contributed by atoms with E-state index < -0.39 is 0 Å². The molecule has 1 aliphatic heterocycles. The highest BCUT2D eigenvalue weighted by Gasteiger charge is 2.28. The lowest BCUT2D eigenvalue weighted by Gasteiger charge is -2.25. The van der Waals surface area contributed by atoms with Crippen LogP contribution in [0.15, 0.2) is 23.2 Å². The minimum Gasteiger partial charge on any atom is -0.304 e. The van der Waals surface area contributed by atoms with Crippen molar-refractivity contribution in [3.63, 3.8) is 0 Å². The van der Waals surface area contributed by atoms with Gasteiger partial charge in [0.15, 0.2) is 0 Å². The van der Waals surface area contributed by atoms with E-state index in [0.29, 0.717) is 5.92 Å². The molecule has 2 heteroatoms. The maximum Gasteiger partial charge on any atom is 0.0938 e. The fourth-order valence-corrected chi connectivity index (χ4v) is 3.44. The Kier molecular flexibility index (Phi) is 1.79. The molecular formula is C15H16N2. The van der Waals surface area contributed by atoms with Gasteiger partial charge in [-0.1, -0.05) is 11.6 Å². The first-order chi connectivity index (χ1) is 8.34. The summed E-state index contributed by atoms with van der Waals surface area (Å²) >= 11 is 0. The van der Waals surface area contributed by atoms with Gasteiger partial charge in [-0.3, -0.25) is 4.99 Å². The number of fused-ring (bicyclic) bond motifs is 3. The summed E-state index contributed by atoms with van der Waals surface area (Å²) in [4.78, 5) is 4.53. The summed E-state index contributed by atoms with van der Waals surface area (Å²) in [5, 5.41) is 1.46. The molecule has 1 unspecified atom stereocenters. The van der Waals surface area contributed by atoms with Crippen LogP contribution in [0.25, 0.3) is 10.9 Å². The monoisotopic (exact) mass is 224 g/mol. The van der Waals surface area contributed by atoms with E-state index in [1.807, 2.05) is 6.34 Å². The van der Waals surface area contributed by atoms with E-state index in [0.717, 1.165) is 6.54 Å². The number of rotatable bonds is 0. The first-order valence-corrected chi connectivity index (χ1v) is 6.48. The molecule has 0 bridgehead atoms. The molecule has 0 amide bonds. The van der Waals surface area contributed by atoms with E-state index in [1.165, 1.54) is 35.7 Å². The Balaban J connectivity index is 2.15. The Bertz CT molecular complexity index is 634. The van der Waals surface area contributed by atoms with E-state index in [4.69, 9.17) is 0 Å². The standard InChI is InChI=1S/C15H16N2/c1-10-5-6-14-13(7-10)12-4-2-3-11-8-16-9-17(14)15(11)12/h5-7,9,11H,2-4,8H2,1H3. The van der Waals surface area contributed by atoms with E-state index in [-0.39, 0.29) is 0 Å². The summed E-state index contributed by atoms with van der Waals surface area (Å²) in [5.74, 6) is 0.663. The van der Waals surface area contributed by atoms with Gasteiger partial charge >= 0.3 is 0 Å². The number of aliphatic imine (C=N–C) groups is 1. The van der Waals surface area contributed by atoms with Gasteiger partial charge in [0.2, 0.25) is 0 Å². The average molecular weight is 224 g/mol. The third kappa shape index (κ3) is 1.18.